The first-order valence-electron chi connectivity index (χ1n) is 6.93. The zero-order chi connectivity index (χ0) is 12.4. The molecule has 1 N–H and O–H groups in total. The molecule has 2 aromatic heterocycles. The molecule has 1 atom stereocenters. The highest BCUT2D eigenvalue weighted by molar-refractivity contribution is 7.17. The second kappa shape index (κ2) is 5.37. The number of fused-ring (bicyclic) bond motifs is 1. The van der Waals surface area contributed by atoms with E-state index in [-0.39, 0.29) is 0 Å². The topological polar surface area (TPSA) is 24.9 Å². The van der Waals surface area contributed by atoms with Crippen molar-refractivity contribution in [1.82, 2.24) is 10.3 Å². The van der Waals surface area contributed by atoms with Crippen molar-refractivity contribution in [2.24, 2.45) is 5.92 Å². The van der Waals surface area contributed by atoms with Gasteiger partial charge in [0.1, 0.15) is 0 Å². The van der Waals surface area contributed by atoms with Crippen LogP contribution >= 0.6 is 11.3 Å². The summed E-state index contributed by atoms with van der Waals surface area (Å²) in [6.07, 6.45) is 7.58. The molecule has 2 heterocycles. The van der Waals surface area contributed by atoms with Crippen molar-refractivity contribution in [3.05, 3.63) is 29.3 Å². The van der Waals surface area contributed by atoms with Crippen molar-refractivity contribution in [2.75, 3.05) is 6.54 Å². The normalized spacial score (nSPS) is 17.8. The Morgan fingerprint density at radius 2 is 2.39 bits per heavy atom. The monoisotopic (exact) mass is 260 g/mol. The quantitative estimate of drug-likeness (QED) is 0.874. The first kappa shape index (κ1) is 12.1. The van der Waals surface area contributed by atoms with E-state index in [2.05, 4.69) is 40.9 Å². The average Bonchev–Trinajstić information content (AvgIpc) is 2.79. The van der Waals surface area contributed by atoms with E-state index in [0.29, 0.717) is 6.04 Å². The predicted molar refractivity (Wildman–Crippen MR) is 78.0 cm³/mol. The van der Waals surface area contributed by atoms with Gasteiger partial charge in [0.15, 0.2) is 0 Å². The summed E-state index contributed by atoms with van der Waals surface area (Å²) < 4.78 is 1.31. The highest BCUT2D eigenvalue weighted by Crippen LogP contribution is 2.35. The Kier molecular flexibility index (Phi) is 3.62. The Hall–Kier alpha value is -0.930. The molecule has 0 spiro atoms. The summed E-state index contributed by atoms with van der Waals surface area (Å²) in [5.41, 5.74) is 2.49. The fourth-order valence-electron chi connectivity index (χ4n) is 2.70. The Bertz CT molecular complexity index is 516. The molecule has 1 aliphatic rings. The van der Waals surface area contributed by atoms with Gasteiger partial charge in [-0.05, 0) is 42.0 Å². The summed E-state index contributed by atoms with van der Waals surface area (Å²) in [6.45, 7) is 3.21. The van der Waals surface area contributed by atoms with Crippen LogP contribution in [0.15, 0.2) is 23.7 Å². The lowest BCUT2D eigenvalue weighted by Gasteiger charge is -2.30. The molecule has 3 rings (SSSR count). The molecule has 18 heavy (non-hydrogen) atoms. The molecular weight excluding hydrogens is 240 g/mol. The molecule has 1 fully saturated rings. The summed E-state index contributed by atoms with van der Waals surface area (Å²) in [7, 11) is 0. The lowest BCUT2D eigenvalue weighted by atomic mass is 9.80. The van der Waals surface area contributed by atoms with Crippen molar-refractivity contribution in [3.63, 3.8) is 0 Å². The van der Waals surface area contributed by atoms with Crippen molar-refractivity contribution in [3.8, 4) is 0 Å². The summed E-state index contributed by atoms with van der Waals surface area (Å²) in [4.78, 5) is 4.57. The highest BCUT2D eigenvalue weighted by Gasteiger charge is 2.23. The minimum absolute atomic E-state index is 0.485. The maximum absolute atomic E-state index is 4.57. The molecule has 0 aromatic carbocycles. The zero-order valence-corrected chi connectivity index (χ0v) is 11.7. The predicted octanol–water partition coefficient (Wildman–Crippen LogP) is 4.14. The first-order valence-corrected chi connectivity index (χ1v) is 7.81. The summed E-state index contributed by atoms with van der Waals surface area (Å²) >= 11 is 1.79. The second-order valence-corrected chi connectivity index (χ2v) is 6.16. The summed E-state index contributed by atoms with van der Waals surface area (Å²) in [5, 5.41) is 5.74. The Morgan fingerprint density at radius 1 is 1.50 bits per heavy atom. The van der Waals surface area contributed by atoms with E-state index in [1.807, 2.05) is 0 Å². The maximum atomic E-state index is 4.57. The lowest BCUT2D eigenvalue weighted by Crippen LogP contribution is -2.26. The fraction of sp³-hybridized carbons (Fsp3) is 0.533. The van der Waals surface area contributed by atoms with E-state index in [9.17, 15) is 0 Å². The van der Waals surface area contributed by atoms with Gasteiger partial charge in [-0.1, -0.05) is 26.2 Å². The van der Waals surface area contributed by atoms with Crippen LogP contribution < -0.4 is 5.32 Å². The van der Waals surface area contributed by atoms with Crippen LogP contribution in [0.2, 0.25) is 0 Å². The highest BCUT2D eigenvalue weighted by atomic mass is 32.1. The zero-order valence-electron chi connectivity index (χ0n) is 10.9. The molecule has 0 aliphatic heterocycles. The van der Waals surface area contributed by atoms with Gasteiger partial charge in [-0.3, -0.25) is 4.98 Å². The molecule has 0 bridgehead atoms. The lowest BCUT2D eigenvalue weighted by molar-refractivity contribution is 0.262. The summed E-state index contributed by atoms with van der Waals surface area (Å²) in [6, 6.07) is 4.90. The summed E-state index contributed by atoms with van der Waals surface area (Å²) in [5.74, 6) is 0.924. The number of rotatable bonds is 5. The van der Waals surface area contributed by atoms with E-state index < -0.39 is 0 Å². The van der Waals surface area contributed by atoms with Crippen LogP contribution in [0.3, 0.4) is 0 Å². The number of thiophene rings is 1. The molecule has 2 nitrogen and oxygen atoms in total. The Morgan fingerprint density at radius 3 is 3.11 bits per heavy atom. The Labute approximate surface area is 112 Å². The number of nitrogens with one attached hydrogen (secondary N) is 1. The van der Waals surface area contributed by atoms with Gasteiger partial charge in [0.05, 0.1) is 10.2 Å². The number of pyridine rings is 1. The van der Waals surface area contributed by atoms with Gasteiger partial charge < -0.3 is 5.32 Å². The van der Waals surface area contributed by atoms with E-state index in [1.165, 1.54) is 35.9 Å². The standard InChI is InChI=1S/C15H20N2S/c1-2-16-14(8-11-4-3-5-11)12-9-15-13(17-10-12)6-7-18-15/h6-7,9-11,14,16H,2-5,8H2,1H3. The van der Waals surface area contributed by atoms with Gasteiger partial charge in [0, 0.05) is 12.2 Å². The van der Waals surface area contributed by atoms with Gasteiger partial charge in [-0.25, -0.2) is 0 Å². The van der Waals surface area contributed by atoms with Crippen LogP contribution in [0, 0.1) is 5.92 Å². The fourth-order valence-corrected chi connectivity index (χ4v) is 3.49. The third-order valence-corrected chi connectivity index (χ3v) is 4.82. The SMILES string of the molecule is CCNC(CC1CCC1)c1cnc2ccsc2c1. The third-order valence-electron chi connectivity index (χ3n) is 3.97. The van der Waals surface area contributed by atoms with Crippen LogP contribution in [0.5, 0.6) is 0 Å². The molecule has 0 amide bonds. The van der Waals surface area contributed by atoms with E-state index in [4.69, 9.17) is 0 Å². The van der Waals surface area contributed by atoms with Crippen molar-refractivity contribution in [2.45, 2.75) is 38.6 Å². The molecule has 2 aromatic rings. The molecule has 96 valence electrons. The molecule has 0 radical (unpaired) electrons. The average molecular weight is 260 g/mol. The van der Waals surface area contributed by atoms with Gasteiger partial charge in [-0.15, -0.1) is 11.3 Å². The Balaban J connectivity index is 1.82. The van der Waals surface area contributed by atoms with Crippen LogP contribution in [0.4, 0.5) is 0 Å². The first-order chi connectivity index (χ1) is 8.86. The smallest absolute Gasteiger partial charge is 0.0809 e. The molecule has 1 aliphatic carbocycles. The largest absolute Gasteiger partial charge is 0.310 e. The minimum Gasteiger partial charge on any atom is -0.310 e. The van der Waals surface area contributed by atoms with Gasteiger partial charge >= 0.3 is 0 Å². The van der Waals surface area contributed by atoms with Gasteiger partial charge in [-0.2, -0.15) is 0 Å². The van der Waals surface area contributed by atoms with E-state index in [0.717, 1.165) is 18.0 Å². The van der Waals surface area contributed by atoms with Crippen molar-refractivity contribution >= 4 is 21.6 Å². The van der Waals surface area contributed by atoms with E-state index >= 15 is 0 Å². The van der Waals surface area contributed by atoms with Crippen molar-refractivity contribution < 1.29 is 0 Å². The third kappa shape index (κ3) is 2.43. The number of hydrogen-bond donors (Lipinski definition) is 1. The number of aromatic nitrogens is 1. The molecular formula is C15H20N2S. The molecule has 0 saturated heterocycles. The molecule has 1 unspecified atom stereocenters. The number of nitrogens with zero attached hydrogens (tertiary/aromatic N) is 1. The second-order valence-electron chi connectivity index (χ2n) is 5.22. The van der Waals surface area contributed by atoms with Crippen LogP contribution in [-0.4, -0.2) is 11.5 Å². The maximum Gasteiger partial charge on any atom is 0.0809 e. The van der Waals surface area contributed by atoms with Crippen LogP contribution in [-0.2, 0) is 0 Å². The van der Waals surface area contributed by atoms with Crippen LogP contribution in [0.1, 0.15) is 44.2 Å². The van der Waals surface area contributed by atoms with Gasteiger partial charge in [0.25, 0.3) is 0 Å². The van der Waals surface area contributed by atoms with Gasteiger partial charge in [0.2, 0.25) is 0 Å². The van der Waals surface area contributed by atoms with Crippen molar-refractivity contribution in [1.29, 1.82) is 0 Å². The molecule has 1 saturated carbocycles. The minimum atomic E-state index is 0.485. The molecule has 3 heteroatoms. The number of hydrogen-bond acceptors (Lipinski definition) is 3. The van der Waals surface area contributed by atoms with Crippen LogP contribution in [0.25, 0.3) is 10.2 Å². The van der Waals surface area contributed by atoms with E-state index in [1.54, 1.807) is 11.3 Å².